The van der Waals surface area contributed by atoms with Gasteiger partial charge in [-0.2, -0.15) is 0 Å². The highest BCUT2D eigenvalue weighted by atomic mass is 14.9. The van der Waals surface area contributed by atoms with Crippen LogP contribution in [0.3, 0.4) is 0 Å². The standard InChI is InChI=1S/C10H13N3/c1-2-9-8(6-11)7-4-3-5-12-10(7)13-9/h3-5H,2,6,11H2,1H3,(H,12,13). The maximum atomic E-state index is 5.69. The molecule has 0 aliphatic rings. The first kappa shape index (κ1) is 8.26. The van der Waals surface area contributed by atoms with Gasteiger partial charge in [0, 0.05) is 23.8 Å². The fourth-order valence-electron chi connectivity index (χ4n) is 1.66. The van der Waals surface area contributed by atoms with Gasteiger partial charge in [-0.15, -0.1) is 0 Å². The molecule has 0 radical (unpaired) electrons. The molecule has 2 heterocycles. The molecule has 0 saturated carbocycles. The van der Waals surface area contributed by atoms with Crippen molar-refractivity contribution in [2.45, 2.75) is 19.9 Å². The molecule has 2 aromatic heterocycles. The van der Waals surface area contributed by atoms with Gasteiger partial charge in [-0.1, -0.05) is 6.92 Å². The van der Waals surface area contributed by atoms with E-state index >= 15 is 0 Å². The van der Waals surface area contributed by atoms with Crippen LogP contribution >= 0.6 is 0 Å². The van der Waals surface area contributed by atoms with Gasteiger partial charge in [0.1, 0.15) is 5.65 Å². The van der Waals surface area contributed by atoms with Gasteiger partial charge in [0.05, 0.1) is 0 Å². The topological polar surface area (TPSA) is 54.7 Å². The molecular formula is C10H13N3. The van der Waals surface area contributed by atoms with Crippen LogP contribution in [0.1, 0.15) is 18.2 Å². The van der Waals surface area contributed by atoms with E-state index in [0.29, 0.717) is 6.54 Å². The van der Waals surface area contributed by atoms with E-state index in [2.05, 4.69) is 23.0 Å². The van der Waals surface area contributed by atoms with Crippen LogP contribution in [0, 0.1) is 0 Å². The molecule has 13 heavy (non-hydrogen) atoms. The third-order valence-corrected chi connectivity index (χ3v) is 2.32. The van der Waals surface area contributed by atoms with Gasteiger partial charge < -0.3 is 10.7 Å². The second-order valence-corrected chi connectivity index (χ2v) is 3.04. The molecule has 0 amide bonds. The van der Waals surface area contributed by atoms with Crippen molar-refractivity contribution in [1.29, 1.82) is 0 Å². The minimum absolute atomic E-state index is 0.578. The van der Waals surface area contributed by atoms with E-state index in [9.17, 15) is 0 Å². The Morgan fingerprint density at radius 1 is 1.54 bits per heavy atom. The van der Waals surface area contributed by atoms with Crippen LogP contribution in [0.5, 0.6) is 0 Å². The number of aryl methyl sites for hydroxylation is 1. The van der Waals surface area contributed by atoms with Crippen molar-refractivity contribution in [1.82, 2.24) is 9.97 Å². The van der Waals surface area contributed by atoms with Crippen LogP contribution < -0.4 is 5.73 Å². The van der Waals surface area contributed by atoms with Crippen LogP contribution in [0.2, 0.25) is 0 Å². The predicted molar refractivity (Wildman–Crippen MR) is 53.4 cm³/mol. The molecule has 3 heteroatoms. The first-order chi connectivity index (χ1) is 6.36. The summed E-state index contributed by atoms with van der Waals surface area (Å²) in [4.78, 5) is 7.52. The molecule has 0 aromatic carbocycles. The van der Waals surface area contributed by atoms with Gasteiger partial charge in [-0.3, -0.25) is 0 Å². The van der Waals surface area contributed by atoms with Crippen LogP contribution in [-0.2, 0) is 13.0 Å². The Bertz CT molecular complexity index is 417. The van der Waals surface area contributed by atoms with Gasteiger partial charge in [0.25, 0.3) is 0 Å². The van der Waals surface area contributed by atoms with Crippen molar-refractivity contribution < 1.29 is 0 Å². The zero-order chi connectivity index (χ0) is 9.26. The lowest BCUT2D eigenvalue weighted by atomic mass is 10.1. The third kappa shape index (κ3) is 1.21. The monoisotopic (exact) mass is 175 g/mol. The number of fused-ring (bicyclic) bond motifs is 1. The van der Waals surface area contributed by atoms with E-state index in [0.717, 1.165) is 17.5 Å². The van der Waals surface area contributed by atoms with Crippen LogP contribution in [0.4, 0.5) is 0 Å². The average molecular weight is 175 g/mol. The normalized spacial score (nSPS) is 10.9. The minimum atomic E-state index is 0.578. The number of aromatic amines is 1. The molecule has 3 nitrogen and oxygen atoms in total. The SMILES string of the molecule is CCc1[nH]c2ncccc2c1CN. The van der Waals surface area contributed by atoms with Crippen molar-refractivity contribution in [2.75, 3.05) is 0 Å². The largest absolute Gasteiger partial charge is 0.343 e. The number of pyridine rings is 1. The molecule has 0 aliphatic heterocycles. The smallest absolute Gasteiger partial charge is 0.137 e. The summed E-state index contributed by atoms with van der Waals surface area (Å²) in [5.74, 6) is 0. The molecule has 0 bridgehead atoms. The Hall–Kier alpha value is -1.35. The van der Waals surface area contributed by atoms with E-state index in [4.69, 9.17) is 5.73 Å². The fraction of sp³-hybridized carbons (Fsp3) is 0.300. The van der Waals surface area contributed by atoms with Crippen LogP contribution in [0.25, 0.3) is 11.0 Å². The summed E-state index contributed by atoms with van der Waals surface area (Å²) in [6.45, 7) is 2.69. The Balaban J connectivity index is 2.73. The number of nitrogens with one attached hydrogen (secondary N) is 1. The van der Waals surface area contributed by atoms with Gasteiger partial charge in [0.2, 0.25) is 0 Å². The molecule has 2 aromatic rings. The average Bonchev–Trinajstić information content (AvgIpc) is 2.55. The molecule has 0 unspecified atom stereocenters. The molecule has 0 spiro atoms. The molecule has 68 valence electrons. The highest BCUT2D eigenvalue weighted by Gasteiger charge is 2.07. The number of hydrogen-bond acceptors (Lipinski definition) is 2. The van der Waals surface area contributed by atoms with E-state index in [1.165, 1.54) is 11.3 Å². The number of rotatable bonds is 2. The second-order valence-electron chi connectivity index (χ2n) is 3.04. The van der Waals surface area contributed by atoms with E-state index in [1.54, 1.807) is 6.20 Å². The number of nitrogens with zero attached hydrogens (tertiary/aromatic N) is 1. The lowest BCUT2D eigenvalue weighted by Gasteiger charge is -1.96. The number of aromatic nitrogens is 2. The van der Waals surface area contributed by atoms with E-state index in [1.807, 2.05) is 6.07 Å². The van der Waals surface area contributed by atoms with E-state index < -0.39 is 0 Å². The quantitative estimate of drug-likeness (QED) is 0.728. The van der Waals surface area contributed by atoms with Crippen molar-refractivity contribution in [3.63, 3.8) is 0 Å². The zero-order valence-corrected chi connectivity index (χ0v) is 7.67. The summed E-state index contributed by atoms with van der Waals surface area (Å²) >= 11 is 0. The Morgan fingerprint density at radius 2 is 2.38 bits per heavy atom. The summed E-state index contributed by atoms with van der Waals surface area (Å²) in [7, 11) is 0. The minimum Gasteiger partial charge on any atom is -0.343 e. The molecular weight excluding hydrogens is 162 g/mol. The summed E-state index contributed by atoms with van der Waals surface area (Å²) in [6, 6.07) is 4.00. The lowest BCUT2D eigenvalue weighted by molar-refractivity contribution is 0.985. The summed E-state index contributed by atoms with van der Waals surface area (Å²) in [5.41, 5.74) is 9.04. The molecule has 3 N–H and O–H groups in total. The van der Waals surface area contributed by atoms with Gasteiger partial charge in [-0.25, -0.2) is 4.98 Å². The van der Waals surface area contributed by atoms with Crippen molar-refractivity contribution in [3.05, 3.63) is 29.6 Å². The van der Waals surface area contributed by atoms with Gasteiger partial charge >= 0.3 is 0 Å². The van der Waals surface area contributed by atoms with Crippen molar-refractivity contribution >= 4 is 11.0 Å². The molecule has 2 rings (SSSR count). The number of H-pyrrole nitrogens is 1. The van der Waals surface area contributed by atoms with Crippen LogP contribution in [0.15, 0.2) is 18.3 Å². The molecule has 0 atom stereocenters. The Kier molecular flexibility index (Phi) is 2.02. The second kappa shape index (κ2) is 3.18. The first-order valence-electron chi connectivity index (χ1n) is 4.51. The third-order valence-electron chi connectivity index (χ3n) is 2.32. The van der Waals surface area contributed by atoms with Gasteiger partial charge in [-0.05, 0) is 24.1 Å². The van der Waals surface area contributed by atoms with Crippen LogP contribution in [-0.4, -0.2) is 9.97 Å². The molecule has 0 saturated heterocycles. The molecule has 0 aliphatic carbocycles. The van der Waals surface area contributed by atoms with Crippen molar-refractivity contribution in [2.24, 2.45) is 5.73 Å². The Morgan fingerprint density at radius 3 is 3.08 bits per heavy atom. The number of hydrogen-bond donors (Lipinski definition) is 2. The summed E-state index contributed by atoms with van der Waals surface area (Å²) in [6.07, 6.45) is 2.77. The highest BCUT2D eigenvalue weighted by molar-refractivity contribution is 5.81. The fourth-order valence-corrected chi connectivity index (χ4v) is 1.66. The summed E-state index contributed by atoms with van der Waals surface area (Å²) < 4.78 is 0. The van der Waals surface area contributed by atoms with Gasteiger partial charge in [0.15, 0.2) is 0 Å². The maximum absolute atomic E-state index is 5.69. The van der Waals surface area contributed by atoms with Crippen molar-refractivity contribution in [3.8, 4) is 0 Å². The lowest BCUT2D eigenvalue weighted by Crippen LogP contribution is -1.98. The highest BCUT2D eigenvalue weighted by Crippen LogP contribution is 2.20. The zero-order valence-electron chi connectivity index (χ0n) is 7.67. The summed E-state index contributed by atoms with van der Waals surface area (Å²) in [5, 5.41) is 1.15. The maximum Gasteiger partial charge on any atom is 0.137 e. The Labute approximate surface area is 77.0 Å². The molecule has 0 fully saturated rings. The van der Waals surface area contributed by atoms with E-state index in [-0.39, 0.29) is 0 Å². The number of nitrogens with two attached hydrogens (primary N) is 1. The first-order valence-corrected chi connectivity index (χ1v) is 4.51. The predicted octanol–water partition coefficient (Wildman–Crippen LogP) is 1.58.